The number of Topliss-reactive ketones (excluding diaryl/α,β-unsaturated/α-hetero) is 3. The van der Waals surface area contributed by atoms with Crippen LogP contribution in [0.2, 0.25) is 0 Å². The van der Waals surface area contributed by atoms with Crippen LogP contribution >= 0.6 is 58.2 Å². The van der Waals surface area contributed by atoms with Crippen molar-refractivity contribution in [1.29, 1.82) is 0 Å². The van der Waals surface area contributed by atoms with Crippen LogP contribution in [0.4, 0.5) is 8.78 Å². The Kier molecular flexibility index (Phi) is 98.9. The van der Waals surface area contributed by atoms with Crippen LogP contribution in [0.25, 0.3) is 0 Å². The normalized spacial score (nSPS) is 10.2. The number of rotatable bonds is 10. The van der Waals surface area contributed by atoms with Gasteiger partial charge < -0.3 is 14.1 Å². The summed E-state index contributed by atoms with van der Waals surface area (Å²) in [5.74, 6) is -0.266. The maximum Gasteiger partial charge on any atom is 0.242 e. The van der Waals surface area contributed by atoms with Crippen molar-refractivity contribution < 1.29 is 70.3 Å². The number of hydrogen-bond donors (Lipinski definition) is 0. The van der Waals surface area contributed by atoms with E-state index in [-0.39, 0.29) is 23.8 Å². The van der Waals surface area contributed by atoms with Gasteiger partial charge in [-0.05, 0) is 113 Å². The molecule has 0 aromatic carbocycles. The van der Waals surface area contributed by atoms with Gasteiger partial charge >= 0.3 is 0 Å². The Bertz CT molecular complexity index is 1990. The summed E-state index contributed by atoms with van der Waals surface area (Å²) in [7, 11) is -8.56. The van der Waals surface area contributed by atoms with Crippen molar-refractivity contribution in [3.8, 4) is 0 Å². The first-order chi connectivity index (χ1) is 36.4. The lowest BCUT2D eigenvalue weighted by Crippen LogP contribution is -2.12. The first-order valence-electron chi connectivity index (χ1n) is 23.6. The molecular weight excluding hydrogens is 1280 g/mol. The largest absolute Gasteiger partial charge is 0.388 e. The molecule has 81 heavy (non-hydrogen) atoms. The number of aromatic nitrogens is 6. The van der Waals surface area contributed by atoms with E-state index in [0.717, 1.165) is 59.7 Å². The minimum absolute atomic E-state index is 0.0625. The fourth-order valence-electron chi connectivity index (χ4n) is 2.64. The molecule has 0 spiro atoms. The number of aryl methyl sites for hydroxylation is 6. The first kappa shape index (κ1) is 107. The number of ether oxygens (including phenoxy) is 1. The minimum Gasteiger partial charge on any atom is -0.388 e. The van der Waals surface area contributed by atoms with E-state index < -0.39 is 72.9 Å². The molecule has 0 saturated carbocycles. The van der Waals surface area contributed by atoms with Crippen LogP contribution in [0.5, 0.6) is 0 Å². The smallest absolute Gasteiger partial charge is 0.242 e. The number of nitrogens with zero attached hydrogens (tertiary/aromatic N) is 6. The number of ketones is 3. The Morgan fingerprint density at radius 3 is 0.975 bits per heavy atom. The second-order valence-corrected chi connectivity index (χ2v) is 33.5. The highest BCUT2D eigenvalue weighted by Crippen LogP contribution is 2.07. The zero-order chi connectivity index (χ0) is 67.8. The van der Waals surface area contributed by atoms with Crippen LogP contribution in [0.1, 0.15) is 134 Å². The maximum atomic E-state index is 11.0. The number of hydrogen-bond acceptors (Lipinski definition) is 25. The van der Waals surface area contributed by atoms with Gasteiger partial charge in [-0.1, -0.05) is 58.5 Å². The fourth-order valence-corrected chi connectivity index (χ4v) is 9.63. The van der Waals surface area contributed by atoms with Crippen molar-refractivity contribution in [1.82, 2.24) is 29.7 Å². The summed E-state index contributed by atoms with van der Waals surface area (Å²) in [4.78, 5) is 37.4. The van der Waals surface area contributed by atoms with Gasteiger partial charge in [-0.25, -0.2) is 39.0 Å². The van der Waals surface area contributed by atoms with Gasteiger partial charge in [-0.2, -0.15) is 44.6 Å². The average molecular weight is 1380 g/mol. The number of unbranched alkanes of at least 4 members (excludes halogenated alkanes) is 2. The molecular formula is C48H106F2N6O14S11. The Hall–Kier alpha value is -1.56. The molecule has 3 aromatic heterocycles. The predicted octanol–water partition coefficient (Wildman–Crippen LogP) is 10.7. The van der Waals surface area contributed by atoms with Gasteiger partial charge in [-0.3, -0.25) is 22.2 Å². The number of carbonyl (C=O) groups is 3. The highest BCUT2D eigenvalue weighted by atomic mass is 32.3. The molecule has 0 aliphatic carbocycles. The SMILES string of the molecule is CC(=O)CC(C)=O.CC(C)(F)F.CC(C)=O.CCC.CCCCC.COC.CS(=O)(=O)CS(C)(=O)=O.CS(=O)CS(C)=O.CS(C)(=O)=O.CS(C)=O.CSC.CSCSC.Cc1nnc(C)s1.Cc1noc(C)n1.Cc1nsc(C)n1. The van der Waals surface area contributed by atoms with Crippen molar-refractivity contribution in [3.05, 3.63) is 32.6 Å². The molecule has 2 atom stereocenters. The second-order valence-electron chi connectivity index (χ2n) is 16.6. The van der Waals surface area contributed by atoms with E-state index in [0.29, 0.717) is 16.8 Å². The molecule has 0 aliphatic heterocycles. The number of methoxy groups -OCH3 is 1. The predicted molar refractivity (Wildman–Crippen MR) is 355 cm³/mol. The third-order valence-corrected chi connectivity index (χ3v) is 13.5. The standard InChI is InChI=1S/C5H8O2.C5H12.C4H6N2O.2C4H6N2S.C3H6F2.C3H8O4S2.C3H8O2S2.C3H6O.C3H8S2.C3H8.C2H6O2S.C2H6OS.C2H6O.C2H6S/c1-4(6)3-5(2)7;1-3-5-4-2;1-3-5-4(2)7-6-3;1-3-5-6-4(2)7-3;1-3-5-4(2)7-6-3;1-3(2,4)5;1-8(4,5)3-9(2,6)7;1-6(4)3-7(2)5;1-3(2)4;1-4-3-5-2;1-3-2;1-5(2,3)4;1-4(2)3;2*1-3-2/h3H2,1-2H3;3-5H2,1-2H3;3*1-2H3;1-2H3;3H2,1-2H3;3H2,1-2H3;1-2H3;3H2,1-2H3;3H2,1-2H3;1-2H3;1-2H3;2*1-2H3. The monoisotopic (exact) mass is 1380 g/mol. The zero-order valence-electron chi connectivity index (χ0n) is 54.3. The summed E-state index contributed by atoms with van der Waals surface area (Å²) in [6.45, 7) is 27.5. The number of thioether (sulfide) groups is 3. The van der Waals surface area contributed by atoms with E-state index in [4.69, 9.17) is 0 Å². The third kappa shape index (κ3) is 243. The third-order valence-electron chi connectivity index (χ3n) is 4.09. The highest BCUT2D eigenvalue weighted by Gasteiger charge is 2.11. The van der Waals surface area contributed by atoms with Crippen molar-refractivity contribution >= 4 is 137 Å². The van der Waals surface area contributed by atoms with Crippen LogP contribution in [0.15, 0.2) is 4.52 Å². The second kappa shape index (κ2) is 74.5. The van der Waals surface area contributed by atoms with Gasteiger partial charge in [0, 0.05) is 109 Å². The van der Waals surface area contributed by atoms with E-state index >= 15 is 0 Å². The first-order valence-corrected chi connectivity index (χ1v) is 41.5. The Balaban J connectivity index is -0.0000000636. The van der Waals surface area contributed by atoms with Crippen molar-refractivity contribution in [2.24, 2.45) is 0 Å². The van der Waals surface area contributed by atoms with Crippen LogP contribution in [-0.2, 0) is 81.0 Å². The fraction of sp³-hybridized carbons (Fsp3) is 0.812. The molecule has 33 heteroatoms. The maximum absolute atomic E-state index is 11.0. The van der Waals surface area contributed by atoms with E-state index in [1.807, 2.05) is 63.7 Å². The van der Waals surface area contributed by atoms with Crippen LogP contribution in [0, 0.1) is 41.5 Å². The van der Waals surface area contributed by atoms with Crippen molar-refractivity contribution in [3.63, 3.8) is 0 Å². The quantitative estimate of drug-likeness (QED) is 0.134. The number of sulfone groups is 3. The summed E-state index contributed by atoms with van der Waals surface area (Å²) in [6, 6.07) is 0. The molecule has 0 amide bonds. The Labute approximate surface area is 519 Å². The molecule has 3 aromatic rings. The number of halogens is 2. The average Bonchev–Trinajstić information content (AvgIpc) is 3.92. The molecule has 2 unspecified atom stereocenters. The molecule has 0 fully saturated rings. The summed E-state index contributed by atoms with van der Waals surface area (Å²) in [6.07, 6.45) is 24.2. The summed E-state index contributed by atoms with van der Waals surface area (Å²) >= 11 is 8.54. The molecule has 3 rings (SSSR count). The van der Waals surface area contributed by atoms with Gasteiger partial charge in [-0.15, -0.1) is 21.5 Å². The zero-order valence-corrected chi connectivity index (χ0v) is 63.3. The lowest BCUT2D eigenvalue weighted by Gasteiger charge is -1.94. The highest BCUT2D eigenvalue weighted by molar-refractivity contribution is 8.15. The van der Waals surface area contributed by atoms with Gasteiger partial charge in [0.2, 0.25) is 11.8 Å². The summed E-state index contributed by atoms with van der Waals surface area (Å²) in [5.41, 5.74) is 0. The Morgan fingerprint density at radius 2 is 0.938 bits per heavy atom. The topological polar surface area (TPSA) is 305 Å². The molecule has 0 aliphatic rings. The lowest BCUT2D eigenvalue weighted by atomic mass is 10.2. The van der Waals surface area contributed by atoms with Crippen molar-refractivity contribution in [2.75, 3.05) is 105 Å². The lowest BCUT2D eigenvalue weighted by molar-refractivity contribution is -0.124. The van der Waals surface area contributed by atoms with Crippen LogP contribution in [-0.4, -0.2) is 195 Å². The number of alkyl halides is 2. The minimum atomic E-state index is -3.37. The summed E-state index contributed by atoms with van der Waals surface area (Å²) in [5, 5.41) is 15.0. The van der Waals surface area contributed by atoms with Crippen molar-refractivity contribution in [2.45, 2.75) is 149 Å². The van der Waals surface area contributed by atoms with Crippen LogP contribution < -0.4 is 0 Å². The van der Waals surface area contributed by atoms with E-state index in [9.17, 15) is 61.0 Å². The van der Waals surface area contributed by atoms with E-state index in [1.54, 1.807) is 76.2 Å². The van der Waals surface area contributed by atoms with E-state index in [1.165, 1.54) is 70.0 Å². The molecule has 0 N–H and O–H groups in total. The van der Waals surface area contributed by atoms with E-state index in [2.05, 4.69) is 79.2 Å². The Morgan fingerprint density at radius 1 is 0.654 bits per heavy atom. The molecule has 0 saturated heterocycles. The van der Waals surface area contributed by atoms with Gasteiger partial charge in [0.1, 0.15) is 48.0 Å². The molecule has 492 valence electrons. The molecule has 0 bridgehead atoms. The molecule has 0 radical (unpaired) electrons. The van der Waals surface area contributed by atoms with Gasteiger partial charge in [0.05, 0.1) is 11.5 Å². The summed E-state index contributed by atoms with van der Waals surface area (Å²) < 4.78 is 125. The van der Waals surface area contributed by atoms with Gasteiger partial charge in [0.15, 0.2) is 30.6 Å². The van der Waals surface area contributed by atoms with Gasteiger partial charge in [0.25, 0.3) is 0 Å². The molecule has 3 heterocycles. The molecule has 20 nitrogen and oxygen atoms in total. The number of carbonyl (C=O) groups excluding carboxylic acids is 3. The van der Waals surface area contributed by atoms with Crippen LogP contribution in [0.3, 0.4) is 0 Å².